The van der Waals surface area contributed by atoms with Crippen LogP contribution in [0.3, 0.4) is 0 Å². The second-order valence-electron chi connectivity index (χ2n) is 9.02. The first-order valence-electron chi connectivity index (χ1n) is 11.6. The summed E-state index contributed by atoms with van der Waals surface area (Å²) in [5, 5.41) is 10.7. The zero-order valence-electron chi connectivity index (χ0n) is 18.4. The summed E-state index contributed by atoms with van der Waals surface area (Å²) >= 11 is 0. The molecule has 2 aromatic rings. The highest BCUT2D eigenvalue weighted by Crippen LogP contribution is 2.57. The van der Waals surface area contributed by atoms with E-state index in [9.17, 15) is 14.9 Å². The fourth-order valence-electron chi connectivity index (χ4n) is 6.01. The molecule has 0 N–H and O–H groups in total. The van der Waals surface area contributed by atoms with Gasteiger partial charge in [0.2, 0.25) is 0 Å². The van der Waals surface area contributed by atoms with Crippen molar-refractivity contribution in [3.63, 3.8) is 0 Å². The van der Waals surface area contributed by atoms with E-state index in [1.54, 1.807) is 0 Å². The second kappa shape index (κ2) is 8.24. The van der Waals surface area contributed by atoms with Crippen LogP contribution >= 0.6 is 0 Å². The van der Waals surface area contributed by atoms with Crippen molar-refractivity contribution < 1.29 is 19.5 Å². The molecule has 2 atom stereocenters. The molecule has 1 fully saturated rings. The summed E-state index contributed by atoms with van der Waals surface area (Å²) in [6, 6.07) is 8.65. The minimum Gasteiger partial charge on any atom is -0.461 e. The van der Waals surface area contributed by atoms with Gasteiger partial charge in [-0.1, -0.05) is 25.1 Å². The minimum absolute atomic E-state index is 0.0133. The predicted octanol–water partition coefficient (Wildman–Crippen LogP) is 4.12. The Morgan fingerprint density at radius 1 is 1.25 bits per heavy atom. The number of piperidine rings is 1. The highest BCUT2D eigenvalue weighted by Gasteiger charge is 2.51. The normalized spacial score (nSPS) is 24.0. The Labute approximate surface area is 186 Å². The molecule has 1 aromatic carbocycles. The molecule has 0 aliphatic carbocycles. The molecule has 4 heterocycles. The van der Waals surface area contributed by atoms with Crippen molar-refractivity contribution in [3.8, 4) is 0 Å². The molecule has 8 nitrogen and oxygen atoms in total. The van der Waals surface area contributed by atoms with E-state index in [0.717, 1.165) is 44.3 Å². The highest BCUT2D eigenvalue weighted by atomic mass is 16.9. The number of para-hydroxylation sites is 1. The molecule has 0 amide bonds. The van der Waals surface area contributed by atoms with Gasteiger partial charge in [0.15, 0.2) is 0 Å². The van der Waals surface area contributed by atoms with Gasteiger partial charge in [-0.3, -0.25) is 4.90 Å². The zero-order valence-corrected chi connectivity index (χ0v) is 18.4. The smallest absolute Gasteiger partial charge is 0.355 e. The van der Waals surface area contributed by atoms with E-state index in [-0.39, 0.29) is 24.6 Å². The third kappa shape index (κ3) is 3.28. The highest BCUT2D eigenvalue weighted by molar-refractivity contribution is 6.13. The minimum atomic E-state index is -0.798. The Morgan fingerprint density at radius 2 is 2.06 bits per heavy atom. The SMILES string of the molecule is CC[C@@]12C=C(C(=O)OCCCCO[N+](=O)[O-])n3c4c(c5ccccc53)CCN(CCC1)[C@H]42. The van der Waals surface area contributed by atoms with Crippen molar-refractivity contribution in [3.05, 3.63) is 51.7 Å². The van der Waals surface area contributed by atoms with Crippen LogP contribution in [0.2, 0.25) is 0 Å². The molecule has 0 spiro atoms. The molecule has 0 saturated carbocycles. The molecule has 3 aliphatic rings. The maximum Gasteiger partial charge on any atom is 0.355 e. The van der Waals surface area contributed by atoms with Crippen LogP contribution in [0.5, 0.6) is 0 Å². The van der Waals surface area contributed by atoms with E-state index < -0.39 is 5.09 Å². The molecular weight excluding hydrogens is 410 g/mol. The fourth-order valence-corrected chi connectivity index (χ4v) is 6.01. The van der Waals surface area contributed by atoms with Crippen molar-refractivity contribution in [1.82, 2.24) is 9.47 Å². The number of fused-ring (bicyclic) bond motifs is 3. The van der Waals surface area contributed by atoms with Crippen molar-refractivity contribution >= 4 is 22.6 Å². The summed E-state index contributed by atoms with van der Waals surface area (Å²) in [4.78, 5) is 30.5. The standard InChI is InChI=1S/C24H29N3O5/c1-2-24-11-7-12-25-13-10-18-17-8-3-4-9-19(17)26(21(18)22(24)25)20(16-24)23(28)31-14-5-6-15-32-27(29)30/h3-4,8-9,16,22H,2,5-7,10-15H2,1H3/t22-,24+/m1/s1. The first kappa shape index (κ1) is 21.0. The Kier molecular flexibility index (Phi) is 5.41. The third-order valence-corrected chi connectivity index (χ3v) is 7.43. The third-order valence-electron chi connectivity index (χ3n) is 7.43. The number of carbonyl (C=O) groups is 1. The van der Waals surface area contributed by atoms with Crippen molar-refractivity contribution in [2.75, 3.05) is 26.3 Å². The summed E-state index contributed by atoms with van der Waals surface area (Å²) in [6.45, 7) is 4.62. The molecule has 0 radical (unpaired) electrons. The predicted molar refractivity (Wildman–Crippen MR) is 119 cm³/mol. The van der Waals surface area contributed by atoms with Crippen LogP contribution in [0, 0.1) is 15.5 Å². The maximum absolute atomic E-state index is 13.3. The number of unbranched alkanes of at least 4 members (excludes halogenated alkanes) is 1. The summed E-state index contributed by atoms with van der Waals surface area (Å²) in [5.74, 6) is -0.322. The van der Waals surface area contributed by atoms with Crippen molar-refractivity contribution in [2.24, 2.45) is 5.41 Å². The lowest BCUT2D eigenvalue weighted by atomic mass is 9.66. The van der Waals surface area contributed by atoms with Crippen LogP contribution in [0.25, 0.3) is 16.6 Å². The van der Waals surface area contributed by atoms with Crippen LogP contribution < -0.4 is 0 Å². The van der Waals surface area contributed by atoms with Gasteiger partial charge in [0.1, 0.15) is 5.70 Å². The monoisotopic (exact) mass is 439 g/mol. The van der Waals surface area contributed by atoms with Gasteiger partial charge < -0.3 is 14.1 Å². The number of hydrogen-bond donors (Lipinski definition) is 0. The van der Waals surface area contributed by atoms with Crippen LogP contribution in [0.4, 0.5) is 0 Å². The van der Waals surface area contributed by atoms with Gasteiger partial charge in [0, 0.05) is 23.0 Å². The molecule has 5 rings (SSSR count). The number of nitrogens with zero attached hydrogens (tertiary/aromatic N) is 3. The first-order valence-corrected chi connectivity index (χ1v) is 11.6. The number of esters is 1. The van der Waals surface area contributed by atoms with Crippen molar-refractivity contribution in [1.29, 1.82) is 0 Å². The van der Waals surface area contributed by atoms with E-state index in [2.05, 4.69) is 45.5 Å². The van der Waals surface area contributed by atoms with Gasteiger partial charge >= 0.3 is 5.97 Å². The van der Waals surface area contributed by atoms with Gasteiger partial charge in [0.25, 0.3) is 5.09 Å². The number of hydrogen-bond acceptors (Lipinski definition) is 6. The fraction of sp³-hybridized carbons (Fsp3) is 0.542. The second-order valence-corrected chi connectivity index (χ2v) is 9.02. The summed E-state index contributed by atoms with van der Waals surface area (Å²) in [6.07, 6.45) is 7.35. The van der Waals surface area contributed by atoms with E-state index in [1.807, 2.05) is 6.07 Å². The number of rotatable bonds is 8. The summed E-state index contributed by atoms with van der Waals surface area (Å²) in [7, 11) is 0. The van der Waals surface area contributed by atoms with Gasteiger partial charge in [-0.25, -0.2) is 4.79 Å². The van der Waals surface area contributed by atoms with E-state index in [0.29, 0.717) is 24.6 Å². The van der Waals surface area contributed by atoms with Crippen LogP contribution in [0.15, 0.2) is 30.3 Å². The van der Waals surface area contributed by atoms with Crippen LogP contribution in [-0.2, 0) is 20.8 Å². The molecule has 1 aromatic heterocycles. The lowest BCUT2D eigenvalue weighted by Gasteiger charge is -2.53. The summed E-state index contributed by atoms with van der Waals surface area (Å²) in [5.41, 5.74) is 4.26. The van der Waals surface area contributed by atoms with Crippen LogP contribution in [0.1, 0.15) is 56.3 Å². The zero-order chi connectivity index (χ0) is 22.3. The molecule has 8 heteroatoms. The summed E-state index contributed by atoms with van der Waals surface area (Å²) < 4.78 is 7.80. The quantitative estimate of drug-likeness (QED) is 0.266. The van der Waals surface area contributed by atoms with E-state index in [1.165, 1.54) is 16.6 Å². The largest absolute Gasteiger partial charge is 0.461 e. The Morgan fingerprint density at radius 3 is 2.88 bits per heavy atom. The number of benzene rings is 1. The molecule has 170 valence electrons. The Bertz CT molecular complexity index is 1090. The van der Waals surface area contributed by atoms with Gasteiger partial charge in [-0.05, 0) is 62.8 Å². The molecule has 32 heavy (non-hydrogen) atoms. The van der Waals surface area contributed by atoms with Gasteiger partial charge in [0.05, 0.1) is 24.8 Å². The molecule has 0 bridgehead atoms. The van der Waals surface area contributed by atoms with Crippen molar-refractivity contribution in [2.45, 2.75) is 51.5 Å². The van der Waals surface area contributed by atoms with Gasteiger partial charge in [-0.15, -0.1) is 10.1 Å². The maximum atomic E-state index is 13.3. The topological polar surface area (TPSA) is 86.8 Å². The van der Waals surface area contributed by atoms with Gasteiger partial charge in [-0.2, -0.15) is 0 Å². The first-order chi connectivity index (χ1) is 15.6. The molecular formula is C24H29N3O5. The Hall–Kier alpha value is -2.87. The molecule has 1 saturated heterocycles. The van der Waals surface area contributed by atoms with E-state index >= 15 is 0 Å². The molecule has 3 aliphatic heterocycles. The van der Waals surface area contributed by atoms with Crippen LogP contribution in [-0.4, -0.2) is 46.8 Å². The molecule has 0 unspecified atom stereocenters. The lowest BCUT2D eigenvalue weighted by Crippen LogP contribution is -2.51. The number of aromatic nitrogens is 1. The number of ether oxygens (including phenoxy) is 1. The Balaban J connectivity index is 1.49. The van der Waals surface area contributed by atoms with E-state index in [4.69, 9.17) is 4.74 Å². The number of carbonyl (C=O) groups excluding carboxylic acids is 1. The lowest BCUT2D eigenvalue weighted by molar-refractivity contribution is -0.757. The average Bonchev–Trinajstić information content (AvgIpc) is 3.14. The average molecular weight is 440 g/mol.